The van der Waals surface area contributed by atoms with E-state index in [1.54, 1.807) is 12.1 Å². The van der Waals surface area contributed by atoms with E-state index in [4.69, 9.17) is 0 Å². The third kappa shape index (κ3) is 16.5. The van der Waals surface area contributed by atoms with Crippen molar-refractivity contribution in [3.05, 3.63) is 29.8 Å². The molecular weight excluding hydrogens is 401 g/mol. The second kappa shape index (κ2) is 19.5. The van der Waals surface area contributed by atoms with Gasteiger partial charge in [0.15, 0.2) is 0 Å². The van der Waals surface area contributed by atoms with Crippen molar-refractivity contribution in [3.8, 4) is 0 Å². The zero-order chi connectivity index (χ0) is 21.3. The molecule has 0 aliphatic heterocycles. The van der Waals surface area contributed by atoms with E-state index >= 15 is 0 Å². The van der Waals surface area contributed by atoms with Crippen LogP contribution in [0.2, 0.25) is 0 Å². The van der Waals surface area contributed by atoms with Crippen molar-refractivity contribution >= 4 is 17.6 Å². The van der Waals surface area contributed by atoms with Gasteiger partial charge in [-0.05, 0) is 30.0 Å². The van der Waals surface area contributed by atoms with Gasteiger partial charge in [-0.15, -0.1) is 0 Å². The number of unbranched alkanes of at least 4 members (excludes halogenated alkanes) is 11. The van der Waals surface area contributed by atoms with E-state index in [1.807, 2.05) is 0 Å². The maximum atomic E-state index is 11.9. The van der Waals surface area contributed by atoms with E-state index in [0.29, 0.717) is 12.1 Å². The zero-order valence-corrected chi connectivity index (χ0v) is 22.6. The first-order valence-electron chi connectivity index (χ1n) is 11.6. The van der Waals surface area contributed by atoms with Crippen LogP contribution in [0, 0.1) is 5.92 Å². The van der Waals surface area contributed by atoms with Crippen molar-refractivity contribution < 1.29 is 66.1 Å². The Morgan fingerprint density at radius 3 is 1.63 bits per heavy atom. The van der Waals surface area contributed by atoms with Crippen LogP contribution in [-0.4, -0.2) is 11.9 Å². The normalized spacial score (nSPS) is 10.6. The largest absolute Gasteiger partial charge is 1.00 e. The van der Waals surface area contributed by atoms with E-state index in [-0.39, 0.29) is 62.9 Å². The molecule has 0 aliphatic carbocycles. The van der Waals surface area contributed by atoms with Crippen LogP contribution in [0.3, 0.4) is 0 Å². The number of hydrogen-bond donors (Lipinski definition) is 1. The van der Waals surface area contributed by atoms with Gasteiger partial charge in [0.2, 0.25) is 5.91 Å². The molecule has 4 nitrogen and oxygen atoms in total. The summed E-state index contributed by atoms with van der Waals surface area (Å²) in [4.78, 5) is 22.6. The molecule has 30 heavy (non-hydrogen) atoms. The Bertz CT molecular complexity index is 572. The summed E-state index contributed by atoms with van der Waals surface area (Å²) < 4.78 is 0. The number of amides is 1. The molecule has 0 spiro atoms. The molecule has 0 fully saturated rings. The minimum Gasteiger partial charge on any atom is -0.545 e. The predicted octanol–water partition coefficient (Wildman–Crippen LogP) is 3.11. The Balaban J connectivity index is 0.00000841. The number of carbonyl (C=O) groups excluding carboxylic acids is 2. The summed E-state index contributed by atoms with van der Waals surface area (Å²) in [7, 11) is 0. The Morgan fingerprint density at radius 1 is 0.767 bits per heavy atom. The molecule has 1 amide bonds. The number of hydrogen-bond acceptors (Lipinski definition) is 3. The van der Waals surface area contributed by atoms with Crippen molar-refractivity contribution in [3.63, 3.8) is 0 Å². The molecule has 1 aromatic rings. The average molecular weight is 442 g/mol. The van der Waals surface area contributed by atoms with Gasteiger partial charge in [0, 0.05) is 12.1 Å². The number of carboxylic acids is 1. The standard InChI is InChI=1S/C25H41NO3.K/c1-21(2)15-13-11-9-7-5-3-4-6-8-10-12-14-16-24(27)26-23-19-17-22(18-20-23)25(28)29;/h17-21H,3-16H2,1-2H3,(H,26,27)(H,28,29);/q;+1/p-1. The molecule has 1 aromatic carbocycles. The molecule has 0 atom stereocenters. The molecular formula is C25H40KNO3. The number of carbonyl (C=O) groups is 2. The first-order valence-corrected chi connectivity index (χ1v) is 11.6. The van der Waals surface area contributed by atoms with Gasteiger partial charge in [-0.3, -0.25) is 4.79 Å². The summed E-state index contributed by atoms with van der Waals surface area (Å²) in [6, 6.07) is 6.07. The topological polar surface area (TPSA) is 69.2 Å². The number of rotatable bonds is 17. The molecule has 0 heterocycles. The van der Waals surface area contributed by atoms with Gasteiger partial charge in [0.25, 0.3) is 0 Å². The molecule has 164 valence electrons. The maximum Gasteiger partial charge on any atom is 1.00 e. The fraction of sp³-hybridized carbons (Fsp3) is 0.680. The van der Waals surface area contributed by atoms with Crippen LogP contribution in [0.4, 0.5) is 5.69 Å². The number of carboxylic acid groups (broad SMARTS) is 1. The van der Waals surface area contributed by atoms with Gasteiger partial charge in [0.05, 0.1) is 5.97 Å². The van der Waals surface area contributed by atoms with E-state index in [0.717, 1.165) is 18.8 Å². The third-order valence-electron chi connectivity index (χ3n) is 5.34. The van der Waals surface area contributed by atoms with Crippen LogP contribution in [0.1, 0.15) is 114 Å². The Labute approximate surface area is 226 Å². The van der Waals surface area contributed by atoms with Crippen molar-refractivity contribution in [1.29, 1.82) is 0 Å². The molecule has 1 N–H and O–H groups in total. The van der Waals surface area contributed by atoms with Gasteiger partial charge in [-0.1, -0.05) is 103 Å². The second-order valence-corrected chi connectivity index (χ2v) is 8.59. The molecule has 0 bridgehead atoms. The van der Waals surface area contributed by atoms with Gasteiger partial charge >= 0.3 is 51.4 Å². The van der Waals surface area contributed by atoms with Crippen LogP contribution in [0.25, 0.3) is 0 Å². The Kier molecular flexibility index (Phi) is 19.3. The summed E-state index contributed by atoms with van der Waals surface area (Å²) in [6.07, 6.45) is 17.3. The summed E-state index contributed by atoms with van der Waals surface area (Å²) in [6.45, 7) is 4.61. The summed E-state index contributed by atoms with van der Waals surface area (Å²) in [5.41, 5.74) is 0.740. The molecule has 0 unspecified atom stereocenters. The van der Waals surface area contributed by atoms with Gasteiger partial charge in [-0.2, -0.15) is 0 Å². The zero-order valence-electron chi connectivity index (χ0n) is 19.5. The fourth-order valence-corrected chi connectivity index (χ4v) is 3.52. The molecule has 0 saturated carbocycles. The summed E-state index contributed by atoms with van der Waals surface area (Å²) in [5, 5.41) is 13.5. The summed E-state index contributed by atoms with van der Waals surface area (Å²) in [5.74, 6) is -0.375. The monoisotopic (exact) mass is 441 g/mol. The van der Waals surface area contributed by atoms with Gasteiger partial charge in [-0.25, -0.2) is 0 Å². The molecule has 0 radical (unpaired) electrons. The number of aromatic carboxylic acids is 1. The predicted molar refractivity (Wildman–Crippen MR) is 119 cm³/mol. The molecule has 0 saturated heterocycles. The van der Waals surface area contributed by atoms with Gasteiger partial charge < -0.3 is 15.2 Å². The minimum absolute atomic E-state index is 0. The van der Waals surface area contributed by atoms with Crippen LogP contribution in [0.15, 0.2) is 24.3 Å². The van der Waals surface area contributed by atoms with E-state index in [1.165, 1.54) is 82.8 Å². The number of nitrogens with one attached hydrogen (secondary N) is 1. The molecule has 0 aromatic heterocycles. The van der Waals surface area contributed by atoms with Crippen molar-refractivity contribution in [2.75, 3.05) is 5.32 Å². The number of anilines is 1. The summed E-state index contributed by atoms with van der Waals surface area (Å²) >= 11 is 0. The SMILES string of the molecule is CC(C)CCCCCCCCCCCCCCC(=O)Nc1ccc(C(=O)[O-])cc1.[K+]. The quantitative estimate of drug-likeness (QED) is 0.298. The van der Waals surface area contributed by atoms with Crippen LogP contribution in [-0.2, 0) is 4.79 Å². The minimum atomic E-state index is -1.21. The van der Waals surface area contributed by atoms with Gasteiger partial charge in [0.1, 0.15) is 0 Å². The van der Waals surface area contributed by atoms with E-state index < -0.39 is 5.97 Å². The van der Waals surface area contributed by atoms with E-state index in [2.05, 4.69) is 19.2 Å². The van der Waals surface area contributed by atoms with Crippen molar-refractivity contribution in [1.82, 2.24) is 0 Å². The maximum absolute atomic E-state index is 11.9. The molecule has 0 aliphatic rings. The average Bonchev–Trinajstić information content (AvgIpc) is 2.68. The third-order valence-corrected chi connectivity index (χ3v) is 5.34. The molecule has 5 heteroatoms. The Morgan fingerprint density at radius 2 is 1.20 bits per heavy atom. The first-order chi connectivity index (χ1) is 14.0. The van der Waals surface area contributed by atoms with Crippen molar-refractivity contribution in [2.45, 2.75) is 104 Å². The van der Waals surface area contributed by atoms with Crippen molar-refractivity contribution in [2.24, 2.45) is 5.92 Å². The first kappa shape index (κ1) is 29.8. The van der Waals surface area contributed by atoms with Crippen LogP contribution < -0.4 is 61.8 Å². The smallest absolute Gasteiger partial charge is 0.545 e. The molecule has 1 rings (SSSR count). The Hall–Kier alpha value is -0.204. The second-order valence-electron chi connectivity index (χ2n) is 8.59. The van der Waals surface area contributed by atoms with Crippen LogP contribution >= 0.6 is 0 Å². The number of benzene rings is 1. The van der Waals surface area contributed by atoms with E-state index in [9.17, 15) is 14.7 Å². The van der Waals surface area contributed by atoms with Crippen LogP contribution in [0.5, 0.6) is 0 Å². The fourth-order valence-electron chi connectivity index (χ4n) is 3.52.